The second-order valence-electron chi connectivity index (χ2n) is 6.73. The third-order valence-corrected chi connectivity index (χ3v) is 5.12. The molecule has 3 aromatic rings. The third-order valence-electron chi connectivity index (χ3n) is 5.12. The maximum Gasteiger partial charge on any atom is 0.292 e. The fourth-order valence-corrected chi connectivity index (χ4v) is 3.60. The minimum absolute atomic E-state index is 0.0351. The van der Waals surface area contributed by atoms with Crippen LogP contribution in [0.15, 0.2) is 59.1 Å². The summed E-state index contributed by atoms with van der Waals surface area (Å²) in [5, 5.41) is 4.08. The number of amides is 1. The second kappa shape index (κ2) is 7.76. The second-order valence-corrected chi connectivity index (χ2v) is 6.73. The summed E-state index contributed by atoms with van der Waals surface area (Å²) in [5.74, 6) is 1.69. The van der Waals surface area contributed by atoms with Gasteiger partial charge in [-0.2, -0.15) is 0 Å². The molecule has 1 amide bonds. The SMILES string of the molecule is COc1ccc(-c2cc(C(=O)N3CCC[C@H]3c3ccc(OC)cc3)on2)cc1. The number of carbonyl (C=O) groups excluding carboxylic acids is 1. The van der Waals surface area contributed by atoms with Crippen molar-refractivity contribution in [3.8, 4) is 22.8 Å². The van der Waals surface area contributed by atoms with Crippen molar-refractivity contribution in [2.75, 3.05) is 20.8 Å². The summed E-state index contributed by atoms with van der Waals surface area (Å²) in [5.41, 5.74) is 2.60. The summed E-state index contributed by atoms with van der Waals surface area (Å²) in [7, 11) is 3.27. The van der Waals surface area contributed by atoms with Crippen molar-refractivity contribution < 1.29 is 18.8 Å². The van der Waals surface area contributed by atoms with Gasteiger partial charge >= 0.3 is 0 Å². The molecule has 144 valence electrons. The maximum absolute atomic E-state index is 13.0. The van der Waals surface area contributed by atoms with Crippen LogP contribution in [0.1, 0.15) is 35.0 Å². The van der Waals surface area contributed by atoms with Crippen molar-refractivity contribution in [1.82, 2.24) is 10.1 Å². The molecule has 0 radical (unpaired) electrons. The van der Waals surface area contributed by atoms with Crippen LogP contribution in [-0.2, 0) is 0 Å². The molecule has 0 spiro atoms. The van der Waals surface area contributed by atoms with Gasteiger partial charge < -0.3 is 18.9 Å². The Hall–Kier alpha value is -3.28. The van der Waals surface area contributed by atoms with E-state index in [2.05, 4.69) is 5.16 Å². The van der Waals surface area contributed by atoms with Crippen LogP contribution in [0.25, 0.3) is 11.3 Å². The van der Waals surface area contributed by atoms with Crippen molar-refractivity contribution in [3.05, 3.63) is 65.9 Å². The normalized spacial score (nSPS) is 16.2. The van der Waals surface area contributed by atoms with Gasteiger partial charge in [0.2, 0.25) is 5.76 Å². The Bertz CT molecular complexity index is 947. The zero-order valence-corrected chi connectivity index (χ0v) is 15.9. The van der Waals surface area contributed by atoms with Gasteiger partial charge in [-0.05, 0) is 54.8 Å². The molecule has 1 aromatic heterocycles. The number of methoxy groups -OCH3 is 2. The van der Waals surface area contributed by atoms with Crippen molar-refractivity contribution >= 4 is 5.91 Å². The van der Waals surface area contributed by atoms with E-state index in [0.717, 1.165) is 35.5 Å². The smallest absolute Gasteiger partial charge is 0.292 e. The lowest BCUT2D eigenvalue weighted by Crippen LogP contribution is -2.30. The molecule has 2 heterocycles. The van der Waals surface area contributed by atoms with Crippen LogP contribution >= 0.6 is 0 Å². The van der Waals surface area contributed by atoms with E-state index in [0.29, 0.717) is 12.2 Å². The van der Waals surface area contributed by atoms with Gasteiger partial charge in [0.1, 0.15) is 17.2 Å². The molecular formula is C22H22N2O4. The van der Waals surface area contributed by atoms with Crippen molar-refractivity contribution in [2.24, 2.45) is 0 Å². The van der Waals surface area contributed by atoms with Gasteiger partial charge in [0.05, 0.1) is 20.3 Å². The van der Waals surface area contributed by atoms with Gasteiger partial charge in [0, 0.05) is 18.2 Å². The minimum atomic E-state index is -0.134. The lowest BCUT2D eigenvalue weighted by Gasteiger charge is -2.24. The van der Waals surface area contributed by atoms with E-state index in [-0.39, 0.29) is 17.7 Å². The number of hydrogen-bond acceptors (Lipinski definition) is 5. The molecule has 1 saturated heterocycles. The first-order chi connectivity index (χ1) is 13.7. The molecule has 6 nitrogen and oxygen atoms in total. The molecule has 28 heavy (non-hydrogen) atoms. The molecule has 0 saturated carbocycles. The van der Waals surface area contributed by atoms with Gasteiger partial charge in [-0.3, -0.25) is 4.79 Å². The highest BCUT2D eigenvalue weighted by Gasteiger charge is 2.32. The first-order valence-electron chi connectivity index (χ1n) is 9.25. The van der Waals surface area contributed by atoms with E-state index in [1.54, 1.807) is 20.3 Å². The van der Waals surface area contributed by atoms with E-state index in [1.165, 1.54) is 0 Å². The highest BCUT2D eigenvalue weighted by molar-refractivity contribution is 5.93. The molecule has 1 aliphatic rings. The van der Waals surface area contributed by atoms with Gasteiger partial charge in [0.25, 0.3) is 5.91 Å². The molecule has 0 N–H and O–H groups in total. The molecule has 1 fully saturated rings. The van der Waals surface area contributed by atoms with Crippen LogP contribution < -0.4 is 9.47 Å². The topological polar surface area (TPSA) is 64.8 Å². The highest BCUT2D eigenvalue weighted by Crippen LogP contribution is 2.34. The number of rotatable bonds is 5. The van der Waals surface area contributed by atoms with Crippen molar-refractivity contribution in [2.45, 2.75) is 18.9 Å². The summed E-state index contributed by atoms with van der Waals surface area (Å²) in [6.07, 6.45) is 1.89. The number of hydrogen-bond donors (Lipinski definition) is 0. The first-order valence-corrected chi connectivity index (χ1v) is 9.25. The molecule has 4 rings (SSSR count). The maximum atomic E-state index is 13.0. The number of carbonyl (C=O) groups is 1. The van der Waals surface area contributed by atoms with Crippen LogP contribution in [0.3, 0.4) is 0 Å². The van der Waals surface area contributed by atoms with E-state index < -0.39 is 0 Å². The number of aromatic nitrogens is 1. The molecule has 2 aromatic carbocycles. The van der Waals surface area contributed by atoms with Crippen molar-refractivity contribution in [1.29, 1.82) is 0 Å². The van der Waals surface area contributed by atoms with Crippen LogP contribution in [0.5, 0.6) is 11.5 Å². The molecule has 1 atom stereocenters. The lowest BCUT2D eigenvalue weighted by atomic mass is 10.0. The number of likely N-dealkylation sites (tertiary alicyclic amines) is 1. The van der Waals surface area contributed by atoms with E-state index in [9.17, 15) is 4.79 Å². The third kappa shape index (κ3) is 3.45. The Morgan fingerprint density at radius 1 is 1.04 bits per heavy atom. The fraction of sp³-hybridized carbons (Fsp3) is 0.273. The largest absolute Gasteiger partial charge is 0.497 e. The van der Waals surface area contributed by atoms with E-state index >= 15 is 0 Å². The van der Waals surface area contributed by atoms with Gasteiger partial charge in [-0.15, -0.1) is 0 Å². The Balaban J connectivity index is 1.53. The molecular weight excluding hydrogens is 356 g/mol. The first kappa shape index (κ1) is 18.1. The number of benzene rings is 2. The summed E-state index contributed by atoms with van der Waals surface area (Å²) in [6, 6.07) is 17.1. The standard InChI is InChI=1S/C22H22N2O4/c1-26-17-9-5-15(6-10-17)19-14-21(28-23-19)22(25)24-13-3-4-20(24)16-7-11-18(27-2)12-8-16/h5-12,14,20H,3-4,13H2,1-2H3/t20-/m0/s1. The lowest BCUT2D eigenvalue weighted by molar-refractivity contribution is 0.0693. The van der Waals surface area contributed by atoms with E-state index in [1.807, 2.05) is 53.4 Å². The highest BCUT2D eigenvalue weighted by atomic mass is 16.5. The fourth-order valence-electron chi connectivity index (χ4n) is 3.60. The van der Waals surface area contributed by atoms with E-state index in [4.69, 9.17) is 14.0 Å². The van der Waals surface area contributed by atoms with Gasteiger partial charge in [-0.1, -0.05) is 17.3 Å². The zero-order valence-electron chi connectivity index (χ0n) is 15.9. The zero-order chi connectivity index (χ0) is 19.5. The Kier molecular flexibility index (Phi) is 5.02. The van der Waals surface area contributed by atoms with Crippen LogP contribution in [0.2, 0.25) is 0 Å². The summed E-state index contributed by atoms with van der Waals surface area (Å²) >= 11 is 0. The molecule has 0 bridgehead atoms. The molecule has 1 aliphatic heterocycles. The Morgan fingerprint density at radius 3 is 2.32 bits per heavy atom. The van der Waals surface area contributed by atoms with Crippen molar-refractivity contribution in [3.63, 3.8) is 0 Å². The average molecular weight is 378 g/mol. The van der Waals surface area contributed by atoms with Gasteiger partial charge in [0.15, 0.2) is 0 Å². The summed E-state index contributed by atoms with van der Waals surface area (Å²) in [6.45, 7) is 0.702. The quantitative estimate of drug-likeness (QED) is 0.661. The minimum Gasteiger partial charge on any atom is -0.497 e. The van der Waals surface area contributed by atoms with Gasteiger partial charge in [-0.25, -0.2) is 0 Å². The number of ether oxygens (including phenoxy) is 2. The molecule has 0 aliphatic carbocycles. The number of nitrogens with zero attached hydrogens (tertiary/aromatic N) is 2. The molecule has 6 heteroatoms. The Labute approximate surface area is 163 Å². The van der Waals surface area contributed by atoms with Crippen LogP contribution in [0, 0.1) is 0 Å². The molecule has 0 unspecified atom stereocenters. The monoisotopic (exact) mass is 378 g/mol. The predicted octanol–water partition coefficient (Wildman–Crippen LogP) is 4.34. The summed E-state index contributed by atoms with van der Waals surface area (Å²) < 4.78 is 15.8. The average Bonchev–Trinajstić information content (AvgIpc) is 3.43. The van der Waals surface area contributed by atoms with Crippen LogP contribution in [0.4, 0.5) is 0 Å². The van der Waals surface area contributed by atoms with Crippen LogP contribution in [-0.4, -0.2) is 36.7 Å². The predicted molar refractivity (Wildman–Crippen MR) is 104 cm³/mol. The Morgan fingerprint density at radius 2 is 1.68 bits per heavy atom. The summed E-state index contributed by atoms with van der Waals surface area (Å²) in [4.78, 5) is 14.9.